The highest BCUT2D eigenvalue weighted by Crippen LogP contribution is 2.25. The van der Waals surface area contributed by atoms with E-state index in [1.165, 1.54) is 6.07 Å². The Morgan fingerprint density at radius 2 is 2.23 bits per heavy atom. The smallest absolute Gasteiger partial charge is 0.325 e. The van der Waals surface area contributed by atoms with E-state index in [0.717, 1.165) is 25.8 Å². The Morgan fingerprint density at radius 3 is 2.91 bits per heavy atom. The largest absolute Gasteiger partial charge is 0.355 e. The van der Waals surface area contributed by atoms with E-state index >= 15 is 0 Å². The molecule has 7 heteroatoms. The van der Waals surface area contributed by atoms with Crippen LogP contribution in [-0.4, -0.2) is 46.5 Å². The molecule has 1 aliphatic heterocycles. The summed E-state index contributed by atoms with van der Waals surface area (Å²) >= 11 is 0. The predicted octanol–water partition coefficient (Wildman–Crippen LogP) is 0.157. The third-order valence-corrected chi connectivity index (χ3v) is 4.20. The lowest BCUT2D eigenvalue weighted by atomic mass is 10.1. The van der Waals surface area contributed by atoms with Crippen molar-refractivity contribution in [3.63, 3.8) is 0 Å². The van der Waals surface area contributed by atoms with Crippen LogP contribution in [0.4, 0.5) is 0 Å². The van der Waals surface area contributed by atoms with Crippen LogP contribution in [0.5, 0.6) is 0 Å². The summed E-state index contributed by atoms with van der Waals surface area (Å²) in [5.74, 6) is 0.120. The highest BCUT2D eigenvalue weighted by molar-refractivity contribution is 5.81. The van der Waals surface area contributed by atoms with Gasteiger partial charge in [-0.3, -0.25) is 19.5 Å². The molecular formula is C15H24N4O3. The van der Waals surface area contributed by atoms with Crippen LogP contribution in [0.25, 0.3) is 0 Å². The van der Waals surface area contributed by atoms with Crippen molar-refractivity contribution in [2.24, 2.45) is 0 Å². The molecule has 2 atom stereocenters. The van der Waals surface area contributed by atoms with Gasteiger partial charge in [0.25, 0.3) is 5.56 Å². The fraction of sp³-hybridized carbons (Fsp3) is 0.667. The first-order valence-corrected chi connectivity index (χ1v) is 7.86. The third-order valence-electron chi connectivity index (χ3n) is 4.20. The molecule has 1 aromatic rings. The number of hydrogen-bond acceptors (Lipinski definition) is 4. The lowest BCUT2D eigenvalue weighted by Gasteiger charge is -2.23. The van der Waals surface area contributed by atoms with Crippen molar-refractivity contribution in [2.45, 2.75) is 45.1 Å². The van der Waals surface area contributed by atoms with Gasteiger partial charge in [0.15, 0.2) is 0 Å². The Morgan fingerprint density at radius 1 is 1.45 bits per heavy atom. The number of likely N-dealkylation sites (tertiary alicyclic amines) is 1. The second-order valence-corrected chi connectivity index (χ2v) is 5.84. The summed E-state index contributed by atoms with van der Waals surface area (Å²) in [6.07, 6.45) is 2.86. The molecule has 0 unspecified atom stereocenters. The number of aromatic amines is 2. The van der Waals surface area contributed by atoms with E-state index in [1.807, 2.05) is 6.92 Å². The Bertz CT molecular complexity index is 593. The highest BCUT2D eigenvalue weighted by atomic mass is 16.2. The maximum absolute atomic E-state index is 12.1. The number of carbonyl (C=O) groups is 1. The average molecular weight is 308 g/mol. The lowest BCUT2D eigenvalue weighted by Crippen LogP contribution is -2.44. The molecule has 0 radical (unpaired) electrons. The first-order chi connectivity index (χ1) is 10.5. The predicted molar refractivity (Wildman–Crippen MR) is 84.0 cm³/mol. The van der Waals surface area contributed by atoms with Gasteiger partial charge in [0.1, 0.15) is 0 Å². The number of carbonyl (C=O) groups excluding carboxylic acids is 1. The number of unbranched alkanes of at least 4 members (excludes halogenated alkanes) is 1. The van der Waals surface area contributed by atoms with E-state index in [9.17, 15) is 14.4 Å². The highest BCUT2D eigenvalue weighted by Gasteiger charge is 2.30. The van der Waals surface area contributed by atoms with Crippen molar-refractivity contribution in [1.82, 2.24) is 20.2 Å². The van der Waals surface area contributed by atoms with Gasteiger partial charge in [-0.2, -0.15) is 0 Å². The van der Waals surface area contributed by atoms with Crippen LogP contribution in [0.2, 0.25) is 0 Å². The SMILES string of the molecule is CCCCNC(=O)[C@@H](C)N1CC[C@H](c2cc(=O)[nH]c(=O)[nH]2)C1. The normalized spacial score (nSPS) is 20.0. The van der Waals surface area contributed by atoms with Crippen molar-refractivity contribution >= 4 is 5.91 Å². The van der Waals surface area contributed by atoms with Crippen LogP contribution < -0.4 is 16.6 Å². The molecule has 1 amide bonds. The monoisotopic (exact) mass is 308 g/mol. The molecular weight excluding hydrogens is 284 g/mol. The molecule has 0 aliphatic carbocycles. The zero-order valence-electron chi connectivity index (χ0n) is 13.1. The van der Waals surface area contributed by atoms with Gasteiger partial charge >= 0.3 is 5.69 Å². The summed E-state index contributed by atoms with van der Waals surface area (Å²) in [5.41, 5.74) is -0.219. The van der Waals surface area contributed by atoms with E-state index in [4.69, 9.17) is 0 Å². The molecule has 2 rings (SSSR count). The zero-order chi connectivity index (χ0) is 16.1. The van der Waals surface area contributed by atoms with Crippen LogP contribution in [0.1, 0.15) is 44.7 Å². The van der Waals surface area contributed by atoms with Crippen LogP contribution in [0.3, 0.4) is 0 Å². The van der Waals surface area contributed by atoms with Crippen molar-refractivity contribution in [2.75, 3.05) is 19.6 Å². The number of aromatic nitrogens is 2. The molecule has 2 heterocycles. The summed E-state index contributed by atoms with van der Waals surface area (Å²) in [6.45, 7) is 6.13. The molecule has 1 fully saturated rings. The van der Waals surface area contributed by atoms with Crippen LogP contribution in [0, 0.1) is 0 Å². The van der Waals surface area contributed by atoms with Crippen LogP contribution >= 0.6 is 0 Å². The van der Waals surface area contributed by atoms with E-state index < -0.39 is 5.69 Å². The van der Waals surface area contributed by atoms with Crippen molar-refractivity contribution in [1.29, 1.82) is 0 Å². The Labute approximate surface area is 129 Å². The maximum atomic E-state index is 12.1. The molecule has 122 valence electrons. The minimum atomic E-state index is -0.480. The molecule has 1 aromatic heterocycles. The van der Waals surface area contributed by atoms with Gasteiger partial charge in [-0.25, -0.2) is 4.79 Å². The van der Waals surface area contributed by atoms with Gasteiger partial charge in [-0.05, 0) is 26.3 Å². The van der Waals surface area contributed by atoms with Gasteiger partial charge in [-0.1, -0.05) is 13.3 Å². The third kappa shape index (κ3) is 4.07. The van der Waals surface area contributed by atoms with E-state index in [2.05, 4.69) is 27.1 Å². The first kappa shape index (κ1) is 16.5. The number of nitrogens with zero attached hydrogens (tertiary/aromatic N) is 1. The van der Waals surface area contributed by atoms with Crippen LogP contribution in [0.15, 0.2) is 15.7 Å². The Hall–Kier alpha value is -1.89. The number of amides is 1. The standard InChI is InChI=1S/C15H24N4O3/c1-3-4-6-16-14(21)10(2)19-7-5-11(9-19)12-8-13(20)18-15(22)17-12/h8,10-11H,3-7,9H2,1-2H3,(H,16,21)(H2,17,18,20,22)/t10-,11+/m1/s1. The number of hydrogen-bond donors (Lipinski definition) is 3. The number of rotatable bonds is 6. The molecule has 7 nitrogen and oxygen atoms in total. The summed E-state index contributed by atoms with van der Waals surface area (Å²) in [5, 5.41) is 2.94. The molecule has 22 heavy (non-hydrogen) atoms. The molecule has 0 bridgehead atoms. The molecule has 1 aliphatic rings. The molecule has 0 aromatic carbocycles. The molecule has 0 saturated carbocycles. The Kier molecular flexibility index (Phi) is 5.54. The van der Waals surface area contributed by atoms with Crippen molar-refractivity contribution in [3.05, 3.63) is 32.6 Å². The quantitative estimate of drug-likeness (QED) is 0.652. The second-order valence-electron chi connectivity index (χ2n) is 5.84. The van der Waals surface area contributed by atoms with E-state index in [0.29, 0.717) is 18.8 Å². The van der Waals surface area contributed by atoms with E-state index in [1.54, 1.807) is 0 Å². The topological polar surface area (TPSA) is 98.1 Å². The second kappa shape index (κ2) is 7.40. The fourth-order valence-electron chi connectivity index (χ4n) is 2.80. The van der Waals surface area contributed by atoms with E-state index in [-0.39, 0.29) is 23.4 Å². The van der Waals surface area contributed by atoms with Crippen molar-refractivity contribution < 1.29 is 4.79 Å². The van der Waals surface area contributed by atoms with Gasteiger partial charge in [0.05, 0.1) is 6.04 Å². The minimum absolute atomic E-state index is 0.0357. The van der Waals surface area contributed by atoms with Gasteiger partial charge in [0, 0.05) is 30.8 Å². The van der Waals surface area contributed by atoms with Gasteiger partial charge < -0.3 is 10.3 Å². The van der Waals surface area contributed by atoms with Crippen molar-refractivity contribution in [3.8, 4) is 0 Å². The summed E-state index contributed by atoms with van der Waals surface area (Å²) in [6, 6.07) is 1.23. The van der Waals surface area contributed by atoms with Crippen LogP contribution in [-0.2, 0) is 4.79 Å². The van der Waals surface area contributed by atoms with Gasteiger partial charge in [0.2, 0.25) is 5.91 Å². The maximum Gasteiger partial charge on any atom is 0.325 e. The minimum Gasteiger partial charge on any atom is -0.355 e. The summed E-state index contributed by atoms with van der Waals surface area (Å²) < 4.78 is 0. The lowest BCUT2D eigenvalue weighted by molar-refractivity contribution is -0.125. The molecule has 1 saturated heterocycles. The first-order valence-electron chi connectivity index (χ1n) is 7.86. The average Bonchev–Trinajstić information content (AvgIpc) is 2.95. The van der Waals surface area contributed by atoms with Gasteiger partial charge in [-0.15, -0.1) is 0 Å². The molecule has 3 N–H and O–H groups in total. The summed E-state index contributed by atoms with van der Waals surface area (Å²) in [7, 11) is 0. The molecule has 0 spiro atoms. The number of H-pyrrole nitrogens is 2. The fourth-order valence-corrected chi connectivity index (χ4v) is 2.80. The Balaban J connectivity index is 1.95. The number of nitrogens with one attached hydrogen (secondary N) is 3. The summed E-state index contributed by atoms with van der Waals surface area (Å²) in [4.78, 5) is 41.8. The zero-order valence-corrected chi connectivity index (χ0v) is 13.1.